The van der Waals surface area contributed by atoms with Crippen LogP contribution >= 0.6 is 11.3 Å². The fourth-order valence-corrected chi connectivity index (χ4v) is 3.51. The predicted octanol–water partition coefficient (Wildman–Crippen LogP) is 1.90. The summed E-state index contributed by atoms with van der Waals surface area (Å²) in [5.74, 6) is -1.18. The summed E-state index contributed by atoms with van der Waals surface area (Å²) < 4.78 is 0. The topological polar surface area (TPSA) is 70.5 Å². The molecule has 1 unspecified atom stereocenters. The van der Waals surface area contributed by atoms with Gasteiger partial charge in [-0.15, -0.1) is 11.3 Å². The van der Waals surface area contributed by atoms with E-state index < -0.39 is 12.0 Å². The maximum Gasteiger partial charge on any atom is 0.331 e. The van der Waals surface area contributed by atoms with Gasteiger partial charge in [-0.05, 0) is 35.6 Å². The highest BCUT2D eigenvalue weighted by Gasteiger charge is 2.36. The number of fused-ring (bicyclic) bond motifs is 1. The molecule has 1 atom stereocenters. The third-order valence-electron chi connectivity index (χ3n) is 3.58. The van der Waals surface area contributed by atoms with Crippen molar-refractivity contribution in [3.05, 3.63) is 52.0 Å². The summed E-state index contributed by atoms with van der Waals surface area (Å²) in [6.07, 6.45) is 2.47. The van der Waals surface area contributed by atoms with E-state index >= 15 is 0 Å². The van der Waals surface area contributed by atoms with Gasteiger partial charge < -0.3 is 10.0 Å². The molecule has 3 rings (SSSR count). The molecule has 3 heterocycles. The van der Waals surface area contributed by atoms with Crippen molar-refractivity contribution in [3.63, 3.8) is 0 Å². The highest BCUT2D eigenvalue weighted by molar-refractivity contribution is 7.10. The second-order valence-corrected chi connectivity index (χ2v) is 5.88. The van der Waals surface area contributed by atoms with Crippen molar-refractivity contribution in [1.82, 2.24) is 9.88 Å². The second kappa shape index (κ2) is 5.65. The lowest BCUT2D eigenvalue weighted by Crippen LogP contribution is -2.43. The van der Waals surface area contributed by atoms with Gasteiger partial charge in [0, 0.05) is 23.3 Å². The standard InChI is InChI=1S/C15H14N2O3S/c18-13(9-10-3-1-2-6-16-10)17-7-4-12-11(5-8-21-12)14(17)15(19)20/h1-3,5-6,8,14H,4,7,9H2,(H,19,20). The molecule has 1 amide bonds. The third-order valence-corrected chi connectivity index (χ3v) is 4.58. The van der Waals surface area contributed by atoms with Crippen LogP contribution in [0.2, 0.25) is 0 Å². The monoisotopic (exact) mass is 302 g/mol. The van der Waals surface area contributed by atoms with Crippen molar-refractivity contribution in [2.45, 2.75) is 18.9 Å². The quantitative estimate of drug-likeness (QED) is 0.940. The van der Waals surface area contributed by atoms with E-state index in [0.717, 1.165) is 10.4 Å². The molecule has 2 aromatic heterocycles. The molecule has 0 bridgehead atoms. The molecule has 0 fully saturated rings. The van der Waals surface area contributed by atoms with Crippen LogP contribution in [0.3, 0.4) is 0 Å². The van der Waals surface area contributed by atoms with Gasteiger partial charge in [0.2, 0.25) is 5.91 Å². The first-order chi connectivity index (χ1) is 10.2. The average Bonchev–Trinajstić information content (AvgIpc) is 2.95. The number of thiophene rings is 1. The molecular weight excluding hydrogens is 288 g/mol. The first kappa shape index (κ1) is 13.8. The molecule has 0 aromatic carbocycles. The molecule has 6 heteroatoms. The minimum absolute atomic E-state index is 0.129. The maximum atomic E-state index is 12.4. The summed E-state index contributed by atoms with van der Waals surface area (Å²) in [7, 11) is 0. The van der Waals surface area contributed by atoms with Crippen LogP contribution in [0.15, 0.2) is 35.8 Å². The minimum atomic E-state index is -0.983. The van der Waals surface area contributed by atoms with E-state index in [2.05, 4.69) is 4.98 Å². The number of carbonyl (C=O) groups is 2. The van der Waals surface area contributed by atoms with Gasteiger partial charge in [0.1, 0.15) is 0 Å². The first-order valence-electron chi connectivity index (χ1n) is 6.65. The normalized spacial score (nSPS) is 17.3. The summed E-state index contributed by atoms with van der Waals surface area (Å²) in [6, 6.07) is 6.30. The van der Waals surface area contributed by atoms with Gasteiger partial charge >= 0.3 is 5.97 Å². The Morgan fingerprint density at radius 1 is 1.38 bits per heavy atom. The van der Waals surface area contributed by atoms with E-state index in [1.807, 2.05) is 11.4 Å². The van der Waals surface area contributed by atoms with Crippen molar-refractivity contribution in [3.8, 4) is 0 Å². The van der Waals surface area contributed by atoms with Crippen molar-refractivity contribution >= 4 is 23.2 Å². The first-order valence-corrected chi connectivity index (χ1v) is 7.53. The Bertz CT molecular complexity index is 669. The number of carboxylic acid groups (broad SMARTS) is 1. The number of hydrogen-bond acceptors (Lipinski definition) is 4. The van der Waals surface area contributed by atoms with Gasteiger partial charge in [-0.25, -0.2) is 4.79 Å². The van der Waals surface area contributed by atoms with E-state index in [-0.39, 0.29) is 12.3 Å². The van der Waals surface area contributed by atoms with Crippen molar-refractivity contribution in [2.24, 2.45) is 0 Å². The number of aliphatic carboxylic acids is 1. The van der Waals surface area contributed by atoms with Gasteiger partial charge in [0.05, 0.1) is 6.42 Å². The minimum Gasteiger partial charge on any atom is -0.479 e. The Balaban J connectivity index is 1.84. The zero-order chi connectivity index (χ0) is 14.8. The highest BCUT2D eigenvalue weighted by Crippen LogP contribution is 2.33. The summed E-state index contributed by atoms with van der Waals surface area (Å²) in [4.78, 5) is 30.7. The maximum absolute atomic E-state index is 12.4. The van der Waals surface area contributed by atoms with Crippen LogP contribution in [-0.4, -0.2) is 33.4 Å². The Morgan fingerprint density at radius 2 is 2.24 bits per heavy atom. The van der Waals surface area contributed by atoms with Gasteiger partial charge in [0.25, 0.3) is 0 Å². The van der Waals surface area contributed by atoms with Crippen molar-refractivity contribution < 1.29 is 14.7 Å². The Kier molecular flexibility index (Phi) is 3.70. The predicted molar refractivity (Wildman–Crippen MR) is 78.1 cm³/mol. The van der Waals surface area contributed by atoms with Crippen LogP contribution in [0.4, 0.5) is 0 Å². The fourth-order valence-electron chi connectivity index (χ4n) is 2.61. The van der Waals surface area contributed by atoms with E-state index in [1.54, 1.807) is 35.7 Å². The summed E-state index contributed by atoms with van der Waals surface area (Å²) in [5, 5.41) is 11.4. The van der Waals surface area contributed by atoms with Crippen LogP contribution < -0.4 is 0 Å². The molecule has 0 saturated heterocycles. The van der Waals surface area contributed by atoms with E-state index in [0.29, 0.717) is 18.7 Å². The average molecular weight is 302 g/mol. The number of rotatable bonds is 3. The Morgan fingerprint density at radius 3 is 2.95 bits per heavy atom. The van der Waals surface area contributed by atoms with E-state index in [4.69, 9.17) is 0 Å². The lowest BCUT2D eigenvalue weighted by Gasteiger charge is -2.33. The van der Waals surface area contributed by atoms with Gasteiger partial charge in [-0.2, -0.15) is 0 Å². The SMILES string of the molecule is O=C(O)C1c2ccsc2CCN1C(=O)Cc1ccccn1. The van der Waals surface area contributed by atoms with Crippen LogP contribution in [0.1, 0.15) is 22.2 Å². The number of nitrogens with zero attached hydrogens (tertiary/aromatic N) is 2. The largest absolute Gasteiger partial charge is 0.479 e. The number of pyridine rings is 1. The van der Waals surface area contributed by atoms with Crippen LogP contribution in [0, 0.1) is 0 Å². The number of carbonyl (C=O) groups excluding carboxylic acids is 1. The molecule has 1 aliphatic heterocycles. The molecule has 0 radical (unpaired) electrons. The summed E-state index contributed by atoms with van der Waals surface area (Å²) in [6.45, 7) is 0.441. The lowest BCUT2D eigenvalue weighted by molar-refractivity contribution is -0.151. The van der Waals surface area contributed by atoms with Gasteiger partial charge in [-0.3, -0.25) is 9.78 Å². The van der Waals surface area contributed by atoms with Crippen LogP contribution in [-0.2, 0) is 22.4 Å². The zero-order valence-corrected chi connectivity index (χ0v) is 12.0. The lowest BCUT2D eigenvalue weighted by atomic mass is 9.99. The van der Waals surface area contributed by atoms with Crippen molar-refractivity contribution in [2.75, 3.05) is 6.54 Å². The summed E-state index contributed by atoms with van der Waals surface area (Å²) >= 11 is 1.55. The molecule has 0 aliphatic carbocycles. The molecular formula is C15H14N2O3S. The highest BCUT2D eigenvalue weighted by atomic mass is 32.1. The summed E-state index contributed by atoms with van der Waals surface area (Å²) in [5.41, 5.74) is 1.40. The van der Waals surface area contributed by atoms with Crippen LogP contribution in [0.5, 0.6) is 0 Å². The molecule has 1 N–H and O–H groups in total. The van der Waals surface area contributed by atoms with E-state index in [1.165, 1.54) is 4.90 Å². The number of amides is 1. The molecule has 108 valence electrons. The van der Waals surface area contributed by atoms with Crippen molar-refractivity contribution in [1.29, 1.82) is 0 Å². The molecule has 2 aromatic rings. The molecule has 5 nitrogen and oxygen atoms in total. The molecule has 0 spiro atoms. The molecule has 0 saturated carbocycles. The van der Waals surface area contributed by atoms with Gasteiger partial charge in [-0.1, -0.05) is 6.07 Å². The van der Waals surface area contributed by atoms with E-state index in [9.17, 15) is 14.7 Å². The Hall–Kier alpha value is -2.21. The number of carboxylic acids is 1. The van der Waals surface area contributed by atoms with Gasteiger partial charge in [0.15, 0.2) is 6.04 Å². The number of aromatic nitrogens is 1. The molecule has 1 aliphatic rings. The molecule has 21 heavy (non-hydrogen) atoms. The number of hydrogen-bond donors (Lipinski definition) is 1. The fraction of sp³-hybridized carbons (Fsp3) is 0.267. The zero-order valence-electron chi connectivity index (χ0n) is 11.2. The smallest absolute Gasteiger partial charge is 0.331 e. The third kappa shape index (κ3) is 2.67. The second-order valence-electron chi connectivity index (χ2n) is 4.87. The Labute approximate surface area is 125 Å². The van der Waals surface area contributed by atoms with Crippen LogP contribution in [0.25, 0.3) is 0 Å².